The summed E-state index contributed by atoms with van der Waals surface area (Å²) in [6, 6.07) is 15.3. The first-order chi connectivity index (χ1) is 14.5. The number of benzene rings is 2. The fourth-order valence-corrected chi connectivity index (χ4v) is 3.72. The molecule has 1 aliphatic rings. The molecule has 30 heavy (non-hydrogen) atoms. The van der Waals surface area contributed by atoms with Crippen LogP contribution in [-0.2, 0) is 16.1 Å². The summed E-state index contributed by atoms with van der Waals surface area (Å²) in [5, 5.41) is 21.0. The molecule has 0 spiro atoms. The van der Waals surface area contributed by atoms with Crippen LogP contribution in [0.25, 0.3) is 5.76 Å². The van der Waals surface area contributed by atoms with Gasteiger partial charge in [-0.15, -0.1) is 0 Å². The Morgan fingerprint density at radius 3 is 2.50 bits per heavy atom. The highest BCUT2D eigenvalue weighted by Crippen LogP contribution is 2.40. The molecule has 150 valence electrons. The quantitative estimate of drug-likeness (QED) is 0.377. The van der Waals surface area contributed by atoms with E-state index >= 15 is 0 Å². The number of phenolic OH excluding ortho intramolecular Hbond substituents is 1. The molecule has 7 heteroatoms. The molecule has 2 heterocycles. The lowest BCUT2D eigenvalue weighted by atomic mass is 9.95. The molecule has 1 aromatic heterocycles. The first-order valence-electron chi connectivity index (χ1n) is 9.18. The third kappa shape index (κ3) is 3.65. The maximum atomic E-state index is 12.9. The fraction of sp³-hybridized carbons (Fsp3) is 0.0870. The zero-order valence-electron chi connectivity index (χ0n) is 15.7. The van der Waals surface area contributed by atoms with E-state index < -0.39 is 17.7 Å². The van der Waals surface area contributed by atoms with E-state index in [0.717, 1.165) is 5.56 Å². The number of phenols is 1. The predicted molar refractivity (Wildman–Crippen MR) is 112 cm³/mol. The number of ketones is 1. The second kappa shape index (κ2) is 8.00. The standard InChI is InChI=1S/C23H17ClN2O4/c24-17-5-1-4-16(11-17)21(28)19-20(15-6-8-18(27)9-7-15)26(23(30)22(19)29)13-14-3-2-10-25-12-14/h1-12,20,27-28H,13H2/b21-19-. The summed E-state index contributed by atoms with van der Waals surface area (Å²) < 4.78 is 0. The Hall–Kier alpha value is -3.64. The summed E-state index contributed by atoms with van der Waals surface area (Å²) in [5.41, 5.74) is 1.63. The molecule has 1 atom stereocenters. The molecular weight excluding hydrogens is 404 g/mol. The molecule has 1 unspecified atom stereocenters. The van der Waals surface area contributed by atoms with Gasteiger partial charge in [0, 0.05) is 29.5 Å². The number of nitrogens with zero attached hydrogens (tertiary/aromatic N) is 2. The highest BCUT2D eigenvalue weighted by Gasteiger charge is 2.46. The summed E-state index contributed by atoms with van der Waals surface area (Å²) >= 11 is 6.04. The average molecular weight is 421 g/mol. The van der Waals surface area contributed by atoms with Gasteiger partial charge >= 0.3 is 0 Å². The lowest BCUT2D eigenvalue weighted by Gasteiger charge is -2.25. The van der Waals surface area contributed by atoms with Crippen molar-refractivity contribution in [2.45, 2.75) is 12.6 Å². The number of aliphatic hydroxyl groups is 1. The van der Waals surface area contributed by atoms with Crippen LogP contribution >= 0.6 is 11.6 Å². The summed E-state index contributed by atoms with van der Waals surface area (Å²) in [6.07, 6.45) is 3.23. The number of rotatable bonds is 4. The van der Waals surface area contributed by atoms with Crippen molar-refractivity contribution in [1.82, 2.24) is 9.88 Å². The Morgan fingerprint density at radius 1 is 1.07 bits per heavy atom. The van der Waals surface area contributed by atoms with Gasteiger partial charge in [-0.1, -0.05) is 41.9 Å². The number of hydrogen-bond donors (Lipinski definition) is 2. The van der Waals surface area contributed by atoms with Gasteiger partial charge in [0.2, 0.25) is 0 Å². The number of aliphatic hydroxyl groups excluding tert-OH is 1. The second-order valence-corrected chi connectivity index (χ2v) is 7.33. The predicted octanol–water partition coefficient (Wildman–Crippen LogP) is 4.06. The van der Waals surface area contributed by atoms with E-state index in [9.17, 15) is 19.8 Å². The first-order valence-corrected chi connectivity index (χ1v) is 9.55. The highest BCUT2D eigenvalue weighted by atomic mass is 35.5. The number of aromatic hydroxyl groups is 1. The van der Waals surface area contributed by atoms with E-state index in [1.807, 2.05) is 0 Å². The molecule has 1 fully saturated rings. The molecule has 0 bridgehead atoms. The number of hydrogen-bond acceptors (Lipinski definition) is 5. The Balaban J connectivity index is 1.87. The van der Waals surface area contributed by atoms with Gasteiger partial charge in [0.05, 0.1) is 11.6 Å². The largest absolute Gasteiger partial charge is 0.508 e. The summed E-state index contributed by atoms with van der Waals surface area (Å²) in [5.74, 6) is -1.75. The molecule has 1 aliphatic heterocycles. The van der Waals surface area contributed by atoms with E-state index in [-0.39, 0.29) is 23.6 Å². The molecular formula is C23H17ClN2O4. The van der Waals surface area contributed by atoms with Crippen LogP contribution in [-0.4, -0.2) is 31.8 Å². The van der Waals surface area contributed by atoms with Crippen LogP contribution in [0.15, 0.2) is 78.6 Å². The zero-order chi connectivity index (χ0) is 21.3. The van der Waals surface area contributed by atoms with Crippen molar-refractivity contribution in [3.63, 3.8) is 0 Å². The van der Waals surface area contributed by atoms with Crippen LogP contribution in [0, 0.1) is 0 Å². The van der Waals surface area contributed by atoms with Crippen molar-refractivity contribution >= 4 is 29.1 Å². The number of halogens is 1. The third-order valence-electron chi connectivity index (χ3n) is 4.92. The molecule has 6 nitrogen and oxygen atoms in total. The molecule has 0 saturated carbocycles. The third-order valence-corrected chi connectivity index (χ3v) is 5.16. The Labute approximate surface area is 177 Å². The Morgan fingerprint density at radius 2 is 1.83 bits per heavy atom. The normalized spacial score (nSPS) is 18.0. The number of Topliss-reactive ketones (excluding diaryl/α,β-unsaturated/α-hetero) is 1. The fourth-order valence-electron chi connectivity index (χ4n) is 3.53. The molecule has 2 N–H and O–H groups in total. The van der Waals surface area contributed by atoms with Gasteiger partial charge in [0.1, 0.15) is 11.5 Å². The monoisotopic (exact) mass is 420 g/mol. The Kier molecular flexibility index (Phi) is 5.25. The number of likely N-dealkylation sites (tertiary alicyclic amines) is 1. The van der Waals surface area contributed by atoms with E-state index in [1.54, 1.807) is 54.9 Å². The van der Waals surface area contributed by atoms with Crippen molar-refractivity contribution in [3.05, 3.63) is 100 Å². The smallest absolute Gasteiger partial charge is 0.295 e. The van der Waals surface area contributed by atoms with Crippen molar-refractivity contribution in [2.75, 3.05) is 0 Å². The second-order valence-electron chi connectivity index (χ2n) is 6.89. The number of carbonyl (C=O) groups excluding carboxylic acids is 2. The highest BCUT2D eigenvalue weighted by molar-refractivity contribution is 6.46. The van der Waals surface area contributed by atoms with Gasteiger partial charge in [-0.05, 0) is 41.5 Å². The van der Waals surface area contributed by atoms with Gasteiger partial charge in [-0.2, -0.15) is 0 Å². The number of aromatic nitrogens is 1. The first kappa shape index (κ1) is 19.7. The van der Waals surface area contributed by atoms with E-state index in [1.165, 1.54) is 23.1 Å². The van der Waals surface area contributed by atoms with Gasteiger partial charge in [-0.25, -0.2) is 0 Å². The SMILES string of the molecule is O=C1C(=O)N(Cc2cccnc2)C(c2ccc(O)cc2)/C1=C(/O)c1cccc(Cl)c1. The number of carbonyl (C=O) groups is 2. The lowest BCUT2D eigenvalue weighted by molar-refractivity contribution is -0.140. The maximum absolute atomic E-state index is 12.9. The van der Waals surface area contributed by atoms with Crippen LogP contribution in [0.3, 0.4) is 0 Å². The Bertz CT molecular complexity index is 1140. The van der Waals surface area contributed by atoms with E-state index in [2.05, 4.69) is 4.98 Å². The molecule has 0 aliphatic carbocycles. The summed E-state index contributed by atoms with van der Waals surface area (Å²) in [7, 11) is 0. The van der Waals surface area contributed by atoms with Gasteiger partial charge in [0.25, 0.3) is 11.7 Å². The number of pyridine rings is 1. The van der Waals surface area contributed by atoms with Crippen LogP contribution in [0.5, 0.6) is 5.75 Å². The summed E-state index contributed by atoms with van der Waals surface area (Å²) in [4.78, 5) is 31.3. The minimum atomic E-state index is -0.829. The topological polar surface area (TPSA) is 90.7 Å². The molecule has 3 aromatic rings. The minimum Gasteiger partial charge on any atom is -0.508 e. The van der Waals surface area contributed by atoms with Gasteiger partial charge in [-0.3, -0.25) is 14.6 Å². The summed E-state index contributed by atoms with van der Waals surface area (Å²) in [6.45, 7) is 0.135. The van der Waals surface area contributed by atoms with Crippen molar-refractivity contribution in [1.29, 1.82) is 0 Å². The van der Waals surface area contributed by atoms with E-state index in [4.69, 9.17) is 11.6 Å². The zero-order valence-corrected chi connectivity index (χ0v) is 16.5. The molecule has 1 saturated heterocycles. The lowest BCUT2D eigenvalue weighted by Crippen LogP contribution is -2.29. The van der Waals surface area contributed by atoms with Gasteiger partial charge < -0.3 is 15.1 Å². The van der Waals surface area contributed by atoms with Crippen LogP contribution < -0.4 is 0 Å². The molecule has 4 rings (SSSR count). The van der Waals surface area contributed by atoms with Crippen molar-refractivity contribution in [2.24, 2.45) is 0 Å². The molecule has 0 radical (unpaired) electrons. The minimum absolute atomic E-state index is 0.0307. The number of amides is 1. The van der Waals surface area contributed by atoms with Crippen LogP contribution in [0.2, 0.25) is 5.02 Å². The molecule has 1 amide bonds. The van der Waals surface area contributed by atoms with Crippen LogP contribution in [0.1, 0.15) is 22.7 Å². The maximum Gasteiger partial charge on any atom is 0.295 e. The van der Waals surface area contributed by atoms with E-state index in [0.29, 0.717) is 16.1 Å². The van der Waals surface area contributed by atoms with Crippen molar-refractivity contribution in [3.8, 4) is 5.75 Å². The van der Waals surface area contributed by atoms with Crippen LogP contribution in [0.4, 0.5) is 0 Å². The van der Waals surface area contributed by atoms with Crippen molar-refractivity contribution < 1.29 is 19.8 Å². The average Bonchev–Trinajstić information content (AvgIpc) is 2.99. The molecule has 2 aromatic carbocycles. The van der Waals surface area contributed by atoms with Gasteiger partial charge in [0.15, 0.2) is 0 Å².